The second kappa shape index (κ2) is 5.53. The maximum atomic E-state index is 11.3. The summed E-state index contributed by atoms with van der Waals surface area (Å²) in [5, 5.41) is 0. The van der Waals surface area contributed by atoms with Crippen molar-refractivity contribution in [2.75, 3.05) is 0 Å². The molecule has 90 valence electrons. The Bertz CT molecular complexity index is 400. The lowest BCUT2D eigenvalue weighted by molar-refractivity contribution is 0.200. The predicted molar refractivity (Wildman–Crippen MR) is 68.3 cm³/mol. The van der Waals surface area contributed by atoms with E-state index in [4.69, 9.17) is 5.73 Å². The minimum Gasteiger partial charge on any atom is -0.351 e. The molecule has 1 atom stereocenters. The van der Waals surface area contributed by atoms with Crippen molar-refractivity contribution in [3.05, 3.63) is 48.2 Å². The van der Waals surface area contributed by atoms with Crippen LogP contribution in [0, 0.1) is 0 Å². The largest absolute Gasteiger partial charge is 0.351 e. The molecule has 1 aromatic rings. The number of carbonyl (C=O) groups is 1. The second-order valence-corrected chi connectivity index (χ2v) is 4.39. The van der Waals surface area contributed by atoms with Crippen LogP contribution in [-0.2, 0) is 6.42 Å². The van der Waals surface area contributed by atoms with Crippen LogP contribution in [0.5, 0.6) is 0 Å². The summed E-state index contributed by atoms with van der Waals surface area (Å²) in [6.07, 6.45) is 7.82. The van der Waals surface area contributed by atoms with Crippen molar-refractivity contribution >= 4 is 6.03 Å². The quantitative estimate of drug-likeness (QED) is 0.852. The molecule has 17 heavy (non-hydrogen) atoms. The first-order valence-corrected chi connectivity index (χ1v) is 6.06. The highest BCUT2D eigenvalue weighted by atomic mass is 16.2. The Kier molecular flexibility index (Phi) is 3.81. The maximum Gasteiger partial charge on any atom is 0.319 e. The van der Waals surface area contributed by atoms with Crippen LogP contribution in [0.3, 0.4) is 0 Å². The van der Waals surface area contributed by atoms with Crippen LogP contribution in [-0.4, -0.2) is 17.0 Å². The molecule has 0 bridgehead atoms. The summed E-state index contributed by atoms with van der Waals surface area (Å²) >= 11 is 0. The molecule has 0 aromatic heterocycles. The molecule has 1 aliphatic rings. The van der Waals surface area contributed by atoms with E-state index in [0.717, 1.165) is 25.7 Å². The van der Waals surface area contributed by atoms with Crippen molar-refractivity contribution in [2.24, 2.45) is 5.73 Å². The van der Waals surface area contributed by atoms with Gasteiger partial charge in [-0.05, 0) is 31.2 Å². The fourth-order valence-corrected chi connectivity index (χ4v) is 2.25. The SMILES string of the molecule is NC(=O)N1C=CCCC1CCc1ccccc1. The van der Waals surface area contributed by atoms with Crippen molar-refractivity contribution in [2.45, 2.75) is 31.7 Å². The van der Waals surface area contributed by atoms with Crippen molar-refractivity contribution in [3.8, 4) is 0 Å². The van der Waals surface area contributed by atoms with E-state index in [2.05, 4.69) is 12.1 Å². The van der Waals surface area contributed by atoms with Crippen molar-refractivity contribution in [1.82, 2.24) is 4.90 Å². The number of benzene rings is 1. The lowest BCUT2D eigenvalue weighted by atomic mass is 9.99. The van der Waals surface area contributed by atoms with Crippen LogP contribution in [0.25, 0.3) is 0 Å². The van der Waals surface area contributed by atoms with Crippen LogP contribution in [0.15, 0.2) is 42.6 Å². The lowest BCUT2D eigenvalue weighted by Gasteiger charge is -2.30. The topological polar surface area (TPSA) is 46.3 Å². The summed E-state index contributed by atoms with van der Waals surface area (Å²) in [7, 11) is 0. The summed E-state index contributed by atoms with van der Waals surface area (Å²) in [5.41, 5.74) is 6.67. The second-order valence-electron chi connectivity index (χ2n) is 4.39. The third-order valence-corrected chi connectivity index (χ3v) is 3.19. The van der Waals surface area contributed by atoms with E-state index < -0.39 is 0 Å². The minimum absolute atomic E-state index is 0.248. The number of primary amides is 1. The van der Waals surface area contributed by atoms with E-state index in [-0.39, 0.29) is 12.1 Å². The van der Waals surface area contributed by atoms with Gasteiger partial charge < -0.3 is 5.73 Å². The van der Waals surface area contributed by atoms with Crippen LogP contribution < -0.4 is 5.73 Å². The highest BCUT2D eigenvalue weighted by Gasteiger charge is 2.21. The molecule has 3 heteroatoms. The molecule has 1 unspecified atom stereocenters. The predicted octanol–water partition coefficient (Wildman–Crippen LogP) is 2.68. The third-order valence-electron chi connectivity index (χ3n) is 3.19. The number of nitrogens with two attached hydrogens (primary N) is 1. The van der Waals surface area contributed by atoms with Gasteiger partial charge in [0.15, 0.2) is 0 Å². The number of hydrogen-bond acceptors (Lipinski definition) is 1. The van der Waals surface area contributed by atoms with Gasteiger partial charge in [-0.25, -0.2) is 4.79 Å². The van der Waals surface area contributed by atoms with Gasteiger partial charge in [-0.15, -0.1) is 0 Å². The maximum absolute atomic E-state index is 11.3. The van der Waals surface area contributed by atoms with Gasteiger partial charge in [-0.3, -0.25) is 4.90 Å². The van der Waals surface area contributed by atoms with Crippen LogP contribution >= 0.6 is 0 Å². The molecule has 0 saturated carbocycles. The Hall–Kier alpha value is -1.77. The highest BCUT2D eigenvalue weighted by molar-refractivity contribution is 5.73. The number of aryl methyl sites for hydroxylation is 1. The number of amides is 2. The van der Waals surface area contributed by atoms with Gasteiger partial charge in [0.05, 0.1) is 0 Å². The van der Waals surface area contributed by atoms with Gasteiger partial charge in [0.2, 0.25) is 0 Å². The van der Waals surface area contributed by atoms with Gasteiger partial charge >= 0.3 is 6.03 Å². The zero-order chi connectivity index (χ0) is 12.1. The molecule has 2 N–H and O–H groups in total. The first kappa shape index (κ1) is 11.7. The molecule has 2 rings (SSSR count). The average molecular weight is 230 g/mol. The molecule has 1 aliphatic heterocycles. The van der Waals surface area contributed by atoms with E-state index in [1.165, 1.54) is 5.56 Å². The number of hydrogen-bond donors (Lipinski definition) is 1. The molecule has 0 aliphatic carbocycles. The molecule has 0 spiro atoms. The number of allylic oxidation sites excluding steroid dienone is 1. The molecule has 1 aromatic carbocycles. The summed E-state index contributed by atoms with van der Waals surface area (Å²) in [6.45, 7) is 0. The van der Waals surface area contributed by atoms with Crippen LogP contribution in [0.1, 0.15) is 24.8 Å². The lowest BCUT2D eigenvalue weighted by Crippen LogP contribution is -2.41. The number of nitrogens with zero attached hydrogens (tertiary/aromatic N) is 1. The fourth-order valence-electron chi connectivity index (χ4n) is 2.25. The summed E-state index contributed by atoms with van der Waals surface area (Å²) in [5.74, 6) is 0. The first-order chi connectivity index (χ1) is 8.27. The monoisotopic (exact) mass is 230 g/mol. The third kappa shape index (κ3) is 3.09. The Morgan fingerprint density at radius 2 is 2.12 bits per heavy atom. The number of rotatable bonds is 3. The van der Waals surface area contributed by atoms with Gasteiger partial charge in [0.1, 0.15) is 0 Å². The zero-order valence-corrected chi connectivity index (χ0v) is 9.88. The molecule has 1 heterocycles. The van der Waals surface area contributed by atoms with Crippen LogP contribution in [0.4, 0.5) is 4.79 Å². The molecule has 0 radical (unpaired) electrons. The molecule has 0 fully saturated rings. The Morgan fingerprint density at radius 1 is 1.35 bits per heavy atom. The number of carbonyl (C=O) groups excluding carboxylic acids is 1. The van der Waals surface area contributed by atoms with Crippen molar-refractivity contribution in [3.63, 3.8) is 0 Å². The first-order valence-electron chi connectivity index (χ1n) is 6.06. The minimum atomic E-state index is -0.348. The van der Waals surface area contributed by atoms with Crippen molar-refractivity contribution in [1.29, 1.82) is 0 Å². The van der Waals surface area contributed by atoms with E-state index >= 15 is 0 Å². The van der Waals surface area contributed by atoms with Gasteiger partial charge in [-0.1, -0.05) is 36.4 Å². The Labute approximate surface area is 102 Å². The van der Waals surface area contributed by atoms with Gasteiger partial charge in [0.25, 0.3) is 0 Å². The molecule has 0 saturated heterocycles. The Morgan fingerprint density at radius 3 is 2.82 bits per heavy atom. The van der Waals surface area contributed by atoms with E-state index in [1.807, 2.05) is 30.5 Å². The fraction of sp³-hybridized carbons (Fsp3) is 0.357. The Balaban J connectivity index is 1.94. The average Bonchev–Trinajstić information content (AvgIpc) is 2.38. The summed E-state index contributed by atoms with van der Waals surface area (Å²) < 4.78 is 0. The molecular formula is C14H18N2O. The molecule has 2 amide bonds. The molecular weight excluding hydrogens is 212 g/mol. The smallest absolute Gasteiger partial charge is 0.319 e. The zero-order valence-electron chi connectivity index (χ0n) is 9.88. The summed E-state index contributed by atoms with van der Waals surface area (Å²) in [4.78, 5) is 12.9. The van der Waals surface area contributed by atoms with E-state index in [0.29, 0.717) is 0 Å². The highest BCUT2D eigenvalue weighted by Crippen LogP contribution is 2.19. The standard InChI is InChI=1S/C14H18N2O/c15-14(17)16-11-5-4-8-13(16)10-9-12-6-2-1-3-7-12/h1-3,5-7,11,13H,4,8-10H2,(H2,15,17). The van der Waals surface area contributed by atoms with Gasteiger partial charge in [-0.2, -0.15) is 0 Å². The van der Waals surface area contributed by atoms with Gasteiger partial charge in [0, 0.05) is 12.2 Å². The van der Waals surface area contributed by atoms with Crippen LogP contribution in [0.2, 0.25) is 0 Å². The van der Waals surface area contributed by atoms with E-state index in [9.17, 15) is 4.79 Å². The normalized spacial score (nSPS) is 19.3. The molecule has 3 nitrogen and oxygen atoms in total. The van der Waals surface area contributed by atoms with E-state index in [1.54, 1.807) is 4.90 Å². The number of urea groups is 1. The van der Waals surface area contributed by atoms with Crippen molar-refractivity contribution < 1.29 is 4.79 Å². The summed E-state index contributed by atoms with van der Waals surface area (Å²) in [6, 6.07) is 10.2.